The summed E-state index contributed by atoms with van der Waals surface area (Å²) in [6.07, 6.45) is 0. The minimum atomic E-state index is 0.449. The zero-order chi connectivity index (χ0) is 18.1. The van der Waals surface area contributed by atoms with Gasteiger partial charge in [-0.15, -0.1) is 0 Å². The van der Waals surface area contributed by atoms with Gasteiger partial charge in [-0.3, -0.25) is 0 Å². The summed E-state index contributed by atoms with van der Waals surface area (Å²) in [6, 6.07) is 15.6. The van der Waals surface area contributed by atoms with Crippen molar-refractivity contribution in [3.8, 4) is 0 Å². The topological polar surface area (TPSA) is 3.24 Å². The maximum absolute atomic E-state index is 6.43. The van der Waals surface area contributed by atoms with Crippen LogP contribution in [0.2, 0.25) is 30.1 Å². The quantitative estimate of drug-likeness (QED) is 0.383. The Morgan fingerprint density at radius 3 is 0.960 bits per heavy atom. The van der Waals surface area contributed by atoms with Crippen molar-refractivity contribution in [3.05, 3.63) is 84.7 Å². The molecule has 0 atom stereocenters. The van der Waals surface area contributed by atoms with Crippen LogP contribution >= 0.6 is 69.6 Å². The van der Waals surface area contributed by atoms with Crippen LogP contribution in [0.3, 0.4) is 0 Å². The molecule has 0 bridgehead atoms. The molecule has 3 aromatic carbocycles. The summed E-state index contributed by atoms with van der Waals surface area (Å²) in [5.74, 6) is 0. The largest absolute Gasteiger partial charge is 0.306 e. The van der Waals surface area contributed by atoms with Gasteiger partial charge in [0.2, 0.25) is 0 Å². The average molecular weight is 452 g/mol. The fraction of sp³-hybridized carbons (Fsp3) is 0. The van der Waals surface area contributed by atoms with Crippen molar-refractivity contribution in [1.29, 1.82) is 0 Å². The van der Waals surface area contributed by atoms with Gasteiger partial charge in [-0.1, -0.05) is 69.6 Å². The highest BCUT2D eigenvalue weighted by Gasteiger charge is 2.20. The third-order valence-corrected chi connectivity index (χ3v) is 5.07. The fourth-order valence-electron chi connectivity index (χ4n) is 2.38. The van der Waals surface area contributed by atoms with Crippen molar-refractivity contribution in [2.75, 3.05) is 4.90 Å². The first-order valence-electron chi connectivity index (χ1n) is 7.02. The molecule has 7 heteroatoms. The summed E-state index contributed by atoms with van der Waals surface area (Å²) in [4.78, 5) is 1.83. The molecule has 0 aliphatic heterocycles. The molecule has 1 nitrogen and oxygen atoms in total. The molecular formula is C18H9Cl6N. The van der Waals surface area contributed by atoms with Gasteiger partial charge in [-0.05, 0) is 54.6 Å². The van der Waals surface area contributed by atoms with Gasteiger partial charge in [-0.25, -0.2) is 0 Å². The molecule has 0 amide bonds. The second-order valence-corrected chi connectivity index (χ2v) is 7.65. The van der Waals surface area contributed by atoms with E-state index in [4.69, 9.17) is 69.6 Å². The minimum Gasteiger partial charge on any atom is -0.306 e. The monoisotopic (exact) mass is 449 g/mol. The summed E-state index contributed by atoms with van der Waals surface area (Å²) < 4.78 is 0. The van der Waals surface area contributed by atoms with Crippen molar-refractivity contribution in [2.24, 2.45) is 0 Å². The van der Waals surface area contributed by atoms with E-state index < -0.39 is 0 Å². The Labute approximate surface area is 175 Å². The van der Waals surface area contributed by atoms with Gasteiger partial charge in [0.25, 0.3) is 0 Å². The number of hydrogen-bond donors (Lipinski definition) is 0. The fourth-order valence-corrected chi connectivity index (χ4v) is 3.86. The predicted molar refractivity (Wildman–Crippen MR) is 111 cm³/mol. The van der Waals surface area contributed by atoms with Gasteiger partial charge in [0.05, 0.1) is 32.1 Å². The van der Waals surface area contributed by atoms with E-state index >= 15 is 0 Å². The summed E-state index contributed by atoms with van der Waals surface area (Å²) in [6.45, 7) is 0. The van der Waals surface area contributed by atoms with E-state index in [1.807, 2.05) is 4.90 Å². The molecule has 0 saturated carbocycles. The number of benzene rings is 3. The highest BCUT2D eigenvalue weighted by Crippen LogP contribution is 2.45. The van der Waals surface area contributed by atoms with Crippen LogP contribution in [0.15, 0.2) is 54.6 Å². The van der Waals surface area contributed by atoms with Crippen molar-refractivity contribution in [3.63, 3.8) is 0 Å². The van der Waals surface area contributed by atoms with Crippen LogP contribution < -0.4 is 4.90 Å². The van der Waals surface area contributed by atoms with Crippen LogP contribution in [0.4, 0.5) is 17.1 Å². The molecular weight excluding hydrogens is 443 g/mol. The summed E-state index contributed by atoms with van der Waals surface area (Å²) in [7, 11) is 0. The highest BCUT2D eigenvalue weighted by atomic mass is 35.5. The Balaban J connectivity index is 2.27. The van der Waals surface area contributed by atoms with E-state index in [0.29, 0.717) is 47.2 Å². The van der Waals surface area contributed by atoms with Gasteiger partial charge < -0.3 is 4.90 Å². The van der Waals surface area contributed by atoms with Crippen LogP contribution in [0.1, 0.15) is 0 Å². The highest BCUT2D eigenvalue weighted by molar-refractivity contribution is 6.39. The molecule has 0 saturated heterocycles. The van der Waals surface area contributed by atoms with Crippen molar-refractivity contribution in [1.82, 2.24) is 0 Å². The van der Waals surface area contributed by atoms with Gasteiger partial charge in [0.1, 0.15) is 0 Å². The molecule has 0 heterocycles. The first kappa shape index (κ1) is 19.0. The van der Waals surface area contributed by atoms with Crippen molar-refractivity contribution in [2.45, 2.75) is 0 Å². The average Bonchev–Trinajstić information content (AvgIpc) is 2.52. The third kappa shape index (κ3) is 4.14. The van der Waals surface area contributed by atoms with Gasteiger partial charge >= 0.3 is 0 Å². The van der Waals surface area contributed by atoms with E-state index in [2.05, 4.69) is 0 Å². The van der Waals surface area contributed by atoms with Crippen LogP contribution in [-0.2, 0) is 0 Å². The zero-order valence-corrected chi connectivity index (χ0v) is 16.9. The van der Waals surface area contributed by atoms with Gasteiger partial charge in [-0.2, -0.15) is 0 Å². The molecule has 0 N–H and O–H groups in total. The molecule has 128 valence electrons. The molecule has 25 heavy (non-hydrogen) atoms. The lowest BCUT2D eigenvalue weighted by molar-refractivity contribution is 1.28. The second kappa shape index (κ2) is 7.84. The summed E-state index contributed by atoms with van der Waals surface area (Å²) in [5.41, 5.74) is 2.00. The smallest absolute Gasteiger partial charge is 0.0661 e. The number of anilines is 3. The molecule has 0 aliphatic rings. The Kier molecular flexibility index (Phi) is 5.95. The molecule has 0 aliphatic carbocycles. The normalized spacial score (nSPS) is 10.8. The standard InChI is InChI=1S/C18H9Cl6N/c19-10-1-4-16(13(22)7-10)25(17-5-2-11(20)8-14(17)23)18-6-3-12(21)9-15(18)24/h1-9H. The van der Waals surface area contributed by atoms with E-state index in [0.717, 1.165) is 0 Å². The first-order chi connectivity index (χ1) is 11.9. The predicted octanol–water partition coefficient (Wildman–Crippen LogP) is 9.08. The van der Waals surface area contributed by atoms with E-state index in [1.165, 1.54) is 0 Å². The van der Waals surface area contributed by atoms with Crippen LogP contribution in [0, 0.1) is 0 Å². The van der Waals surface area contributed by atoms with E-state index in [-0.39, 0.29) is 0 Å². The summed E-state index contributed by atoms with van der Waals surface area (Å²) >= 11 is 37.4. The molecule has 0 fully saturated rings. The van der Waals surface area contributed by atoms with Gasteiger partial charge in [0, 0.05) is 15.1 Å². The van der Waals surface area contributed by atoms with Crippen LogP contribution in [0.25, 0.3) is 0 Å². The van der Waals surface area contributed by atoms with Crippen LogP contribution in [-0.4, -0.2) is 0 Å². The van der Waals surface area contributed by atoms with Crippen LogP contribution in [0.5, 0.6) is 0 Å². The Morgan fingerprint density at radius 1 is 0.440 bits per heavy atom. The number of hydrogen-bond acceptors (Lipinski definition) is 1. The second-order valence-electron chi connectivity index (χ2n) is 5.12. The Hall–Kier alpha value is -0.800. The van der Waals surface area contributed by atoms with Gasteiger partial charge in [0.15, 0.2) is 0 Å². The molecule has 3 aromatic rings. The SMILES string of the molecule is Clc1ccc(N(c2ccc(Cl)cc2Cl)c2ccc(Cl)cc2Cl)c(Cl)c1. The zero-order valence-electron chi connectivity index (χ0n) is 12.4. The Bertz CT molecular complexity index is 818. The molecule has 0 unspecified atom stereocenters. The van der Waals surface area contributed by atoms with Crippen molar-refractivity contribution >= 4 is 86.7 Å². The first-order valence-corrected chi connectivity index (χ1v) is 9.29. The lowest BCUT2D eigenvalue weighted by atomic mass is 10.2. The molecule has 0 aromatic heterocycles. The molecule has 0 radical (unpaired) electrons. The number of nitrogens with zero attached hydrogens (tertiary/aromatic N) is 1. The van der Waals surface area contributed by atoms with E-state index in [1.54, 1.807) is 54.6 Å². The lowest BCUT2D eigenvalue weighted by Gasteiger charge is -2.28. The number of halogens is 6. The Morgan fingerprint density at radius 2 is 0.720 bits per heavy atom. The maximum atomic E-state index is 6.43. The minimum absolute atomic E-state index is 0.449. The van der Waals surface area contributed by atoms with Crippen molar-refractivity contribution < 1.29 is 0 Å². The third-order valence-electron chi connectivity index (χ3n) is 3.45. The number of rotatable bonds is 3. The molecule has 3 rings (SSSR count). The van der Waals surface area contributed by atoms with E-state index in [9.17, 15) is 0 Å². The summed E-state index contributed by atoms with van der Waals surface area (Å²) in [5, 5.41) is 2.92. The molecule has 0 spiro atoms. The lowest BCUT2D eigenvalue weighted by Crippen LogP contribution is -2.11. The maximum Gasteiger partial charge on any atom is 0.0661 e.